The SMILES string of the molecule is Cc1cc(N)cc(S(=O)(=O)NCc2cc(C)on2)c1. The van der Waals surface area contributed by atoms with Crippen LogP contribution in [0.1, 0.15) is 17.0 Å². The summed E-state index contributed by atoms with van der Waals surface area (Å²) in [5.41, 5.74) is 7.38. The van der Waals surface area contributed by atoms with Crippen molar-refractivity contribution in [2.45, 2.75) is 25.3 Å². The number of aromatic nitrogens is 1. The highest BCUT2D eigenvalue weighted by atomic mass is 32.2. The maximum absolute atomic E-state index is 12.1. The zero-order valence-corrected chi connectivity index (χ0v) is 11.5. The molecule has 1 aromatic carbocycles. The van der Waals surface area contributed by atoms with Crippen molar-refractivity contribution in [3.05, 3.63) is 41.3 Å². The third kappa shape index (κ3) is 3.33. The van der Waals surface area contributed by atoms with E-state index in [1.807, 2.05) is 0 Å². The third-order valence-corrected chi connectivity index (χ3v) is 3.88. The Kier molecular flexibility index (Phi) is 3.59. The Morgan fingerprint density at radius 3 is 2.58 bits per heavy atom. The smallest absolute Gasteiger partial charge is 0.241 e. The fourth-order valence-corrected chi connectivity index (χ4v) is 2.82. The molecule has 6 nitrogen and oxygen atoms in total. The lowest BCUT2D eigenvalue weighted by Gasteiger charge is -2.07. The molecule has 19 heavy (non-hydrogen) atoms. The summed E-state index contributed by atoms with van der Waals surface area (Å²) in [4.78, 5) is 0.144. The molecule has 1 heterocycles. The van der Waals surface area contributed by atoms with Crippen molar-refractivity contribution in [1.82, 2.24) is 9.88 Å². The molecule has 0 saturated heterocycles. The zero-order chi connectivity index (χ0) is 14.0. The Bertz CT molecular complexity index is 672. The molecule has 0 radical (unpaired) electrons. The molecule has 2 rings (SSSR count). The first-order valence-corrected chi connectivity index (χ1v) is 7.14. The number of aryl methyl sites for hydroxylation is 2. The van der Waals surface area contributed by atoms with Gasteiger partial charge in [0.15, 0.2) is 0 Å². The van der Waals surface area contributed by atoms with Gasteiger partial charge in [-0.2, -0.15) is 0 Å². The van der Waals surface area contributed by atoms with Crippen LogP contribution in [0.25, 0.3) is 0 Å². The molecule has 0 aliphatic carbocycles. The quantitative estimate of drug-likeness (QED) is 0.824. The van der Waals surface area contributed by atoms with Crippen LogP contribution in [0.4, 0.5) is 5.69 Å². The molecule has 0 spiro atoms. The van der Waals surface area contributed by atoms with Gasteiger partial charge in [-0.05, 0) is 37.6 Å². The number of anilines is 1. The van der Waals surface area contributed by atoms with Crippen molar-refractivity contribution in [3.63, 3.8) is 0 Å². The molecule has 0 unspecified atom stereocenters. The summed E-state index contributed by atoms with van der Waals surface area (Å²) >= 11 is 0. The minimum absolute atomic E-state index is 0.0769. The number of nitrogen functional groups attached to an aromatic ring is 1. The lowest BCUT2D eigenvalue weighted by Crippen LogP contribution is -2.23. The summed E-state index contributed by atoms with van der Waals surface area (Å²) in [7, 11) is -3.61. The standard InChI is InChI=1S/C12H15N3O3S/c1-8-3-10(13)6-12(4-8)19(16,17)14-7-11-5-9(2)18-15-11/h3-6,14H,7,13H2,1-2H3. The number of hydrogen-bond donors (Lipinski definition) is 2. The molecular weight excluding hydrogens is 266 g/mol. The van der Waals surface area contributed by atoms with E-state index in [1.165, 1.54) is 6.07 Å². The Morgan fingerprint density at radius 1 is 1.26 bits per heavy atom. The molecule has 1 aromatic heterocycles. The molecule has 0 fully saturated rings. The van der Waals surface area contributed by atoms with E-state index in [9.17, 15) is 8.42 Å². The van der Waals surface area contributed by atoms with Crippen LogP contribution in [0.2, 0.25) is 0 Å². The minimum Gasteiger partial charge on any atom is -0.399 e. The first-order chi connectivity index (χ1) is 8.87. The van der Waals surface area contributed by atoms with E-state index >= 15 is 0 Å². The van der Waals surface area contributed by atoms with Gasteiger partial charge >= 0.3 is 0 Å². The van der Waals surface area contributed by atoms with Crippen molar-refractivity contribution in [2.24, 2.45) is 0 Å². The van der Waals surface area contributed by atoms with Crippen molar-refractivity contribution in [1.29, 1.82) is 0 Å². The number of nitrogens with zero attached hydrogens (tertiary/aromatic N) is 1. The molecule has 0 bridgehead atoms. The highest BCUT2D eigenvalue weighted by molar-refractivity contribution is 7.89. The summed E-state index contributed by atoms with van der Waals surface area (Å²) in [5.74, 6) is 0.633. The molecular formula is C12H15N3O3S. The molecule has 3 N–H and O–H groups in total. The highest BCUT2D eigenvalue weighted by Crippen LogP contribution is 2.16. The fraction of sp³-hybridized carbons (Fsp3) is 0.250. The molecule has 0 saturated carbocycles. The summed E-state index contributed by atoms with van der Waals surface area (Å²) in [6.07, 6.45) is 0. The predicted molar refractivity (Wildman–Crippen MR) is 70.9 cm³/mol. The molecule has 2 aromatic rings. The van der Waals surface area contributed by atoms with Gasteiger partial charge in [0.1, 0.15) is 5.76 Å². The largest absolute Gasteiger partial charge is 0.399 e. The van der Waals surface area contributed by atoms with Gasteiger partial charge in [0.25, 0.3) is 0 Å². The van der Waals surface area contributed by atoms with Gasteiger partial charge < -0.3 is 10.3 Å². The normalized spacial score (nSPS) is 11.7. The van der Waals surface area contributed by atoms with Gasteiger partial charge in [-0.15, -0.1) is 0 Å². The molecule has 0 aliphatic heterocycles. The van der Waals surface area contributed by atoms with Crippen LogP contribution in [0, 0.1) is 13.8 Å². The van der Waals surface area contributed by atoms with E-state index in [0.29, 0.717) is 17.1 Å². The number of benzene rings is 1. The van der Waals surface area contributed by atoms with Crippen LogP contribution in [-0.4, -0.2) is 13.6 Å². The van der Waals surface area contributed by atoms with E-state index < -0.39 is 10.0 Å². The van der Waals surface area contributed by atoms with Crippen LogP contribution in [0.5, 0.6) is 0 Å². The second kappa shape index (κ2) is 5.02. The molecule has 0 amide bonds. The van der Waals surface area contributed by atoms with Crippen LogP contribution >= 0.6 is 0 Å². The monoisotopic (exact) mass is 281 g/mol. The van der Waals surface area contributed by atoms with Crippen molar-refractivity contribution in [3.8, 4) is 0 Å². The van der Waals surface area contributed by atoms with E-state index in [1.54, 1.807) is 32.0 Å². The second-order valence-corrected chi connectivity index (χ2v) is 6.10. The average molecular weight is 281 g/mol. The average Bonchev–Trinajstić information content (AvgIpc) is 2.71. The van der Waals surface area contributed by atoms with Gasteiger partial charge in [-0.25, -0.2) is 13.1 Å². The van der Waals surface area contributed by atoms with Crippen LogP contribution in [0.15, 0.2) is 33.7 Å². The van der Waals surface area contributed by atoms with E-state index in [2.05, 4.69) is 9.88 Å². The van der Waals surface area contributed by atoms with Gasteiger partial charge in [0, 0.05) is 11.8 Å². The van der Waals surface area contributed by atoms with E-state index in [0.717, 1.165) is 5.56 Å². The lowest BCUT2D eigenvalue weighted by molar-refractivity contribution is 0.390. The molecule has 0 atom stereocenters. The predicted octanol–water partition coefficient (Wildman–Crippen LogP) is 1.35. The lowest BCUT2D eigenvalue weighted by atomic mass is 10.2. The topological polar surface area (TPSA) is 98.2 Å². The van der Waals surface area contributed by atoms with E-state index in [-0.39, 0.29) is 11.4 Å². The summed E-state index contributed by atoms with van der Waals surface area (Å²) < 4.78 is 31.5. The fourth-order valence-electron chi connectivity index (χ4n) is 1.69. The highest BCUT2D eigenvalue weighted by Gasteiger charge is 2.15. The third-order valence-electron chi connectivity index (χ3n) is 2.50. The van der Waals surface area contributed by atoms with Crippen molar-refractivity contribution < 1.29 is 12.9 Å². The minimum atomic E-state index is -3.61. The summed E-state index contributed by atoms with van der Waals surface area (Å²) in [6, 6.07) is 6.36. The van der Waals surface area contributed by atoms with Gasteiger partial charge in [-0.1, -0.05) is 5.16 Å². The summed E-state index contributed by atoms with van der Waals surface area (Å²) in [6.45, 7) is 3.61. The molecule has 0 aliphatic rings. The number of nitrogens with two attached hydrogens (primary N) is 1. The van der Waals surface area contributed by atoms with Crippen LogP contribution in [0.3, 0.4) is 0 Å². The Balaban J connectivity index is 2.18. The van der Waals surface area contributed by atoms with Crippen LogP contribution < -0.4 is 10.5 Å². The first-order valence-electron chi connectivity index (χ1n) is 5.66. The summed E-state index contributed by atoms with van der Waals surface area (Å²) in [5, 5.41) is 3.72. The second-order valence-electron chi connectivity index (χ2n) is 4.33. The Labute approximate surface area is 111 Å². The van der Waals surface area contributed by atoms with Crippen molar-refractivity contribution in [2.75, 3.05) is 5.73 Å². The van der Waals surface area contributed by atoms with E-state index in [4.69, 9.17) is 10.3 Å². The number of hydrogen-bond acceptors (Lipinski definition) is 5. The Hall–Kier alpha value is -1.86. The molecule has 7 heteroatoms. The number of nitrogens with one attached hydrogen (secondary N) is 1. The zero-order valence-electron chi connectivity index (χ0n) is 10.7. The van der Waals surface area contributed by atoms with Crippen molar-refractivity contribution >= 4 is 15.7 Å². The van der Waals surface area contributed by atoms with Gasteiger partial charge in [-0.3, -0.25) is 0 Å². The maximum atomic E-state index is 12.1. The van der Waals surface area contributed by atoms with Gasteiger partial charge in [0.05, 0.1) is 17.1 Å². The Morgan fingerprint density at radius 2 is 2.00 bits per heavy atom. The van der Waals surface area contributed by atoms with Crippen LogP contribution in [-0.2, 0) is 16.6 Å². The number of rotatable bonds is 4. The van der Waals surface area contributed by atoms with Gasteiger partial charge in [0.2, 0.25) is 10.0 Å². The number of sulfonamides is 1. The maximum Gasteiger partial charge on any atom is 0.241 e. The first kappa shape index (κ1) is 13.6. The molecule has 102 valence electrons.